The number of ether oxygens (including phenoxy) is 1. The van der Waals surface area contributed by atoms with Crippen LogP contribution in [-0.2, 0) is 4.74 Å². The van der Waals surface area contributed by atoms with Gasteiger partial charge in [0.25, 0.3) is 0 Å². The Kier molecular flexibility index (Phi) is 3.65. The molecule has 7 heavy (non-hydrogen) atoms. The van der Waals surface area contributed by atoms with Crippen molar-refractivity contribution in [2.75, 3.05) is 6.73 Å². The first-order chi connectivity index (χ1) is 3.31. The standard InChI is InChI=1S/C5H11NO/c1-3-5(2)7-4-6/h3,5H,1,4,6H2,2H3. The third-order valence-electron chi connectivity index (χ3n) is 0.691. The molecular formula is C5H11NO. The molecule has 0 saturated carbocycles. The van der Waals surface area contributed by atoms with Gasteiger partial charge in [-0.2, -0.15) is 0 Å². The maximum atomic E-state index is 5.04. The Labute approximate surface area is 44.0 Å². The van der Waals surface area contributed by atoms with Gasteiger partial charge < -0.3 is 10.5 Å². The van der Waals surface area contributed by atoms with Crippen molar-refractivity contribution < 1.29 is 4.74 Å². The van der Waals surface area contributed by atoms with E-state index in [0.717, 1.165) is 0 Å². The van der Waals surface area contributed by atoms with Crippen LogP contribution in [0.2, 0.25) is 0 Å². The van der Waals surface area contributed by atoms with Gasteiger partial charge in [-0.05, 0) is 6.92 Å². The molecular weight excluding hydrogens is 90.1 g/mol. The van der Waals surface area contributed by atoms with Crippen molar-refractivity contribution in [3.8, 4) is 0 Å². The first-order valence-corrected chi connectivity index (χ1v) is 2.25. The Bertz CT molecular complexity index is 54.0. The van der Waals surface area contributed by atoms with Gasteiger partial charge in [0.1, 0.15) is 0 Å². The monoisotopic (exact) mass is 101 g/mol. The van der Waals surface area contributed by atoms with Crippen molar-refractivity contribution in [3.63, 3.8) is 0 Å². The molecule has 1 unspecified atom stereocenters. The highest BCUT2D eigenvalue weighted by Gasteiger charge is 1.87. The summed E-state index contributed by atoms with van der Waals surface area (Å²) in [6, 6.07) is 0. The molecule has 0 saturated heterocycles. The van der Waals surface area contributed by atoms with E-state index in [0.29, 0.717) is 0 Å². The molecule has 0 aliphatic carbocycles. The number of nitrogens with two attached hydrogens (primary N) is 1. The van der Waals surface area contributed by atoms with Gasteiger partial charge in [-0.1, -0.05) is 6.08 Å². The molecule has 2 heteroatoms. The summed E-state index contributed by atoms with van der Waals surface area (Å²) in [6.45, 7) is 5.66. The summed E-state index contributed by atoms with van der Waals surface area (Å²) >= 11 is 0. The summed E-state index contributed by atoms with van der Waals surface area (Å²) in [7, 11) is 0. The fourth-order valence-electron chi connectivity index (χ4n) is 0.220. The highest BCUT2D eigenvalue weighted by molar-refractivity contribution is 4.74. The summed E-state index contributed by atoms with van der Waals surface area (Å²) in [5, 5.41) is 0. The second-order valence-electron chi connectivity index (χ2n) is 1.27. The zero-order chi connectivity index (χ0) is 5.70. The molecule has 0 radical (unpaired) electrons. The summed E-state index contributed by atoms with van der Waals surface area (Å²) in [5.74, 6) is 0. The SMILES string of the molecule is C=CC(C)OCN. The van der Waals surface area contributed by atoms with Crippen LogP contribution in [0, 0.1) is 0 Å². The Morgan fingerprint density at radius 1 is 2.00 bits per heavy atom. The van der Waals surface area contributed by atoms with E-state index in [9.17, 15) is 0 Å². The summed E-state index contributed by atoms with van der Waals surface area (Å²) in [4.78, 5) is 0. The van der Waals surface area contributed by atoms with E-state index in [4.69, 9.17) is 10.5 Å². The van der Waals surface area contributed by atoms with Crippen molar-refractivity contribution in [1.82, 2.24) is 0 Å². The lowest BCUT2D eigenvalue weighted by Crippen LogP contribution is -2.11. The van der Waals surface area contributed by atoms with Crippen molar-refractivity contribution >= 4 is 0 Å². The molecule has 1 atom stereocenters. The molecule has 0 aromatic heterocycles. The second kappa shape index (κ2) is 3.84. The molecule has 0 bridgehead atoms. The fraction of sp³-hybridized carbons (Fsp3) is 0.600. The van der Waals surface area contributed by atoms with Crippen LogP contribution in [0.4, 0.5) is 0 Å². The van der Waals surface area contributed by atoms with E-state index in [-0.39, 0.29) is 12.8 Å². The number of hydrogen-bond acceptors (Lipinski definition) is 2. The zero-order valence-corrected chi connectivity index (χ0v) is 4.55. The van der Waals surface area contributed by atoms with E-state index in [1.807, 2.05) is 6.92 Å². The Hall–Kier alpha value is -0.340. The molecule has 2 N–H and O–H groups in total. The van der Waals surface area contributed by atoms with Crippen LogP contribution >= 0.6 is 0 Å². The van der Waals surface area contributed by atoms with Crippen molar-refractivity contribution in [2.24, 2.45) is 5.73 Å². The smallest absolute Gasteiger partial charge is 0.0948 e. The van der Waals surface area contributed by atoms with Crippen LogP contribution in [0.1, 0.15) is 6.92 Å². The summed E-state index contributed by atoms with van der Waals surface area (Å²) < 4.78 is 4.85. The second-order valence-corrected chi connectivity index (χ2v) is 1.27. The average Bonchev–Trinajstić information content (AvgIpc) is 1.68. The quantitative estimate of drug-likeness (QED) is 0.415. The maximum Gasteiger partial charge on any atom is 0.0948 e. The van der Waals surface area contributed by atoms with Crippen LogP contribution < -0.4 is 5.73 Å². The minimum Gasteiger partial charge on any atom is -0.360 e. The van der Waals surface area contributed by atoms with Gasteiger partial charge in [-0.3, -0.25) is 0 Å². The molecule has 0 rings (SSSR count). The summed E-state index contributed by atoms with van der Waals surface area (Å²) in [5.41, 5.74) is 5.04. The normalized spacial score (nSPS) is 13.4. The number of hydrogen-bond donors (Lipinski definition) is 1. The van der Waals surface area contributed by atoms with Crippen molar-refractivity contribution in [2.45, 2.75) is 13.0 Å². The minimum atomic E-state index is 0.0880. The molecule has 0 aliphatic rings. The van der Waals surface area contributed by atoms with Crippen LogP contribution in [0.15, 0.2) is 12.7 Å². The predicted octanol–water partition coefficient (Wildman–Crippen LogP) is 0.494. The van der Waals surface area contributed by atoms with Gasteiger partial charge >= 0.3 is 0 Å². The Morgan fingerprint density at radius 2 is 2.57 bits per heavy atom. The lowest BCUT2D eigenvalue weighted by molar-refractivity contribution is 0.104. The molecule has 0 aromatic rings. The van der Waals surface area contributed by atoms with Crippen molar-refractivity contribution in [1.29, 1.82) is 0 Å². The third kappa shape index (κ3) is 3.49. The first-order valence-electron chi connectivity index (χ1n) is 2.25. The minimum absolute atomic E-state index is 0.0880. The first kappa shape index (κ1) is 6.66. The van der Waals surface area contributed by atoms with Crippen LogP contribution in [0.5, 0.6) is 0 Å². The fourth-order valence-corrected chi connectivity index (χ4v) is 0.220. The van der Waals surface area contributed by atoms with Gasteiger partial charge in [0.15, 0.2) is 0 Å². The van der Waals surface area contributed by atoms with Crippen molar-refractivity contribution in [3.05, 3.63) is 12.7 Å². The van der Waals surface area contributed by atoms with E-state index in [2.05, 4.69) is 6.58 Å². The lowest BCUT2D eigenvalue weighted by Gasteiger charge is -2.02. The van der Waals surface area contributed by atoms with Gasteiger partial charge in [0.05, 0.1) is 12.8 Å². The topological polar surface area (TPSA) is 35.2 Å². The Balaban J connectivity index is 2.98. The van der Waals surface area contributed by atoms with E-state index in [1.54, 1.807) is 6.08 Å². The molecule has 0 aromatic carbocycles. The average molecular weight is 101 g/mol. The molecule has 0 amide bonds. The van der Waals surface area contributed by atoms with Gasteiger partial charge in [-0.25, -0.2) is 0 Å². The van der Waals surface area contributed by atoms with E-state index in [1.165, 1.54) is 0 Å². The van der Waals surface area contributed by atoms with Crippen LogP contribution in [-0.4, -0.2) is 12.8 Å². The molecule has 0 fully saturated rings. The number of rotatable bonds is 3. The van der Waals surface area contributed by atoms with Gasteiger partial charge in [0, 0.05) is 0 Å². The highest BCUT2D eigenvalue weighted by atomic mass is 16.5. The van der Waals surface area contributed by atoms with Gasteiger partial charge in [-0.15, -0.1) is 6.58 Å². The molecule has 42 valence electrons. The van der Waals surface area contributed by atoms with Crippen LogP contribution in [0.3, 0.4) is 0 Å². The van der Waals surface area contributed by atoms with E-state index >= 15 is 0 Å². The maximum absolute atomic E-state index is 5.04. The third-order valence-corrected chi connectivity index (χ3v) is 0.691. The molecule has 2 nitrogen and oxygen atoms in total. The Morgan fingerprint density at radius 3 is 2.71 bits per heavy atom. The zero-order valence-electron chi connectivity index (χ0n) is 4.55. The van der Waals surface area contributed by atoms with E-state index < -0.39 is 0 Å². The highest BCUT2D eigenvalue weighted by Crippen LogP contribution is 1.85. The lowest BCUT2D eigenvalue weighted by atomic mass is 10.4. The molecule has 0 heterocycles. The largest absolute Gasteiger partial charge is 0.360 e. The predicted molar refractivity (Wildman–Crippen MR) is 29.8 cm³/mol. The molecule has 0 aliphatic heterocycles. The summed E-state index contributed by atoms with van der Waals surface area (Å²) in [6.07, 6.45) is 1.79. The van der Waals surface area contributed by atoms with Crippen LogP contribution in [0.25, 0.3) is 0 Å². The van der Waals surface area contributed by atoms with Gasteiger partial charge in [0.2, 0.25) is 0 Å². The molecule has 0 spiro atoms.